The number of Topliss-reactive ketones (excluding diaryl/α,β-unsaturated/α-hetero) is 1. The summed E-state index contributed by atoms with van der Waals surface area (Å²) < 4.78 is 6.07. The van der Waals surface area contributed by atoms with Gasteiger partial charge in [-0.2, -0.15) is 0 Å². The number of benzene rings is 4. The van der Waals surface area contributed by atoms with Crippen LogP contribution in [0.1, 0.15) is 35.4 Å². The zero-order chi connectivity index (χ0) is 41.4. The topological polar surface area (TPSA) is 190 Å². The molecule has 4 aromatic rings. The van der Waals surface area contributed by atoms with Crippen molar-refractivity contribution in [3.8, 4) is 11.5 Å². The molecule has 14 nitrogen and oxygen atoms in total. The van der Waals surface area contributed by atoms with Gasteiger partial charge in [-0.05, 0) is 48.1 Å². The van der Waals surface area contributed by atoms with E-state index in [2.05, 4.69) is 15.9 Å². The molecule has 6 atom stereocenters. The Morgan fingerprint density at radius 3 is 2.09 bits per heavy atom. The van der Waals surface area contributed by atoms with Crippen molar-refractivity contribution < 1.29 is 38.9 Å². The molecule has 1 heterocycles. The maximum Gasteiger partial charge on any atom is 0.301 e. The second-order valence-corrected chi connectivity index (χ2v) is 16.0. The van der Waals surface area contributed by atoms with Crippen LogP contribution in [0.15, 0.2) is 107 Å². The van der Waals surface area contributed by atoms with E-state index < -0.39 is 68.0 Å². The van der Waals surface area contributed by atoms with Crippen LogP contribution in [0.3, 0.4) is 0 Å². The van der Waals surface area contributed by atoms with Gasteiger partial charge in [0.15, 0.2) is 28.8 Å². The standard InChI is InChI=1S/C43H35BrN4O10/c1-45(2)38-32(47(54)55)18-25(19-33(38)48(56)57)46-41(52)27-15-14-26-29(36(27)42(46)53)20-31-39(50)28(22-10-6-4-7-11-22)21-35(49)43(31,23-12-8-5-9-13-23)37(26)30-16-24(44)17-34(58-3)40(30)51/h4-14,16-19,21,27,29,31,36-37,51H,15,20H2,1-3H3/t27-,29+,31-,36-,37+,43-/m0/s1. The summed E-state index contributed by atoms with van der Waals surface area (Å²) in [5, 5.41) is 36.5. The highest BCUT2D eigenvalue weighted by atomic mass is 79.9. The summed E-state index contributed by atoms with van der Waals surface area (Å²) in [5.74, 6) is -7.53. The van der Waals surface area contributed by atoms with Crippen LogP contribution in [0.25, 0.3) is 5.57 Å². The van der Waals surface area contributed by atoms with Gasteiger partial charge in [0.25, 0.3) is 0 Å². The van der Waals surface area contributed by atoms with Crippen LogP contribution >= 0.6 is 15.9 Å². The number of hydrogen-bond donors (Lipinski definition) is 1. The number of carbonyl (C=O) groups excluding carboxylic acids is 4. The third-order valence-corrected chi connectivity index (χ3v) is 12.6. The van der Waals surface area contributed by atoms with E-state index in [0.29, 0.717) is 21.2 Å². The zero-order valence-electron chi connectivity index (χ0n) is 31.3. The summed E-state index contributed by atoms with van der Waals surface area (Å²) >= 11 is 3.54. The van der Waals surface area contributed by atoms with E-state index in [1.54, 1.807) is 78.9 Å². The maximum absolute atomic E-state index is 15.3. The molecule has 15 heteroatoms. The molecule has 0 spiro atoms. The summed E-state index contributed by atoms with van der Waals surface area (Å²) in [5.41, 5.74) is -1.56. The van der Waals surface area contributed by atoms with Crippen molar-refractivity contribution in [2.24, 2.45) is 23.7 Å². The van der Waals surface area contributed by atoms with Crippen LogP contribution in [-0.2, 0) is 24.6 Å². The highest BCUT2D eigenvalue weighted by Gasteiger charge is 2.66. The van der Waals surface area contributed by atoms with Gasteiger partial charge in [0.05, 0.1) is 39.9 Å². The van der Waals surface area contributed by atoms with Crippen LogP contribution in [0.2, 0.25) is 0 Å². The van der Waals surface area contributed by atoms with E-state index >= 15 is 9.59 Å². The number of halogens is 1. The molecular formula is C43H35BrN4O10. The Kier molecular flexibility index (Phi) is 9.38. The normalized spacial score (nSPS) is 25.0. The number of methoxy groups -OCH3 is 1. The first-order valence-corrected chi connectivity index (χ1v) is 19.2. The Hall–Kier alpha value is -6.48. The lowest BCUT2D eigenvalue weighted by Gasteiger charge is -2.55. The average Bonchev–Trinajstić information content (AvgIpc) is 3.47. The molecule has 0 unspecified atom stereocenters. The molecule has 1 saturated carbocycles. The van der Waals surface area contributed by atoms with Crippen LogP contribution in [0, 0.1) is 43.9 Å². The molecule has 3 aliphatic carbocycles. The monoisotopic (exact) mass is 846 g/mol. The summed E-state index contributed by atoms with van der Waals surface area (Å²) in [7, 11) is 4.20. The number of ketones is 2. The Labute approximate surface area is 339 Å². The number of hydrogen-bond acceptors (Lipinski definition) is 11. The van der Waals surface area contributed by atoms with Crippen molar-refractivity contribution in [3.05, 3.63) is 144 Å². The molecule has 1 N–H and O–H groups in total. The number of nitrogens with zero attached hydrogens (tertiary/aromatic N) is 4. The minimum Gasteiger partial charge on any atom is -0.504 e. The number of nitro benzene ring substituents is 2. The first-order valence-electron chi connectivity index (χ1n) is 18.4. The van der Waals surface area contributed by atoms with E-state index in [9.17, 15) is 34.9 Å². The van der Waals surface area contributed by atoms with Crippen molar-refractivity contribution in [2.75, 3.05) is 31.0 Å². The largest absolute Gasteiger partial charge is 0.504 e. The third kappa shape index (κ3) is 5.58. The third-order valence-electron chi connectivity index (χ3n) is 12.1. The van der Waals surface area contributed by atoms with Crippen LogP contribution in [0.5, 0.6) is 11.5 Å². The molecular weight excluding hydrogens is 812 g/mol. The molecule has 58 heavy (non-hydrogen) atoms. The Bertz CT molecular complexity index is 2500. The van der Waals surface area contributed by atoms with Gasteiger partial charge in [-0.15, -0.1) is 0 Å². The van der Waals surface area contributed by atoms with Gasteiger partial charge in [-0.1, -0.05) is 88.2 Å². The molecule has 8 rings (SSSR count). The molecule has 4 aromatic carbocycles. The second-order valence-electron chi connectivity index (χ2n) is 15.1. The number of rotatable bonds is 8. The van der Waals surface area contributed by atoms with Crippen LogP contribution < -0.4 is 14.5 Å². The van der Waals surface area contributed by atoms with Crippen molar-refractivity contribution in [1.82, 2.24) is 0 Å². The molecule has 294 valence electrons. The summed E-state index contributed by atoms with van der Waals surface area (Å²) in [6.07, 6.45) is 3.12. The number of phenolic OH excluding ortho intramolecular Hbond substituents is 1. The quantitative estimate of drug-likeness (QED) is 0.0826. The van der Waals surface area contributed by atoms with Gasteiger partial charge in [0.1, 0.15) is 0 Å². The number of phenols is 1. The molecule has 4 aliphatic rings. The molecule has 1 saturated heterocycles. The van der Waals surface area contributed by atoms with E-state index in [-0.39, 0.29) is 58.4 Å². The molecule has 2 fully saturated rings. The zero-order valence-corrected chi connectivity index (χ0v) is 32.9. The van der Waals surface area contributed by atoms with Gasteiger partial charge < -0.3 is 14.7 Å². The SMILES string of the molecule is COc1cc(Br)cc([C@H]2C3=CC[C@@H]4C(=O)N(c5cc([N+](=O)[O-])c(N(C)C)c([N+](=O)[O-])c5)C(=O)[C@@H]4[C@@H]3C[C@H]3C(=O)C(c4ccccc4)=CC(=O)[C@@]23c2ccccc2)c1O. The van der Waals surface area contributed by atoms with Gasteiger partial charge in [0.2, 0.25) is 11.8 Å². The number of allylic oxidation sites excluding steroid dienone is 4. The first-order chi connectivity index (χ1) is 27.7. The molecule has 1 aliphatic heterocycles. The minimum atomic E-state index is -1.64. The number of fused-ring (bicyclic) bond motifs is 4. The molecule has 0 bridgehead atoms. The van der Waals surface area contributed by atoms with E-state index in [1.165, 1.54) is 32.2 Å². The van der Waals surface area contributed by atoms with Crippen LogP contribution in [0.4, 0.5) is 22.7 Å². The summed E-state index contributed by atoms with van der Waals surface area (Å²) in [4.78, 5) is 84.7. The van der Waals surface area contributed by atoms with Crippen LogP contribution in [-0.4, -0.2) is 59.5 Å². The highest BCUT2D eigenvalue weighted by Crippen LogP contribution is 2.65. The molecule has 2 amide bonds. The number of ether oxygens (including phenoxy) is 1. The van der Waals surface area contributed by atoms with Crippen molar-refractivity contribution in [3.63, 3.8) is 0 Å². The fourth-order valence-corrected chi connectivity index (χ4v) is 10.4. The summed E-state index contributed by atoms with van der Waals surface area (Å²) in [6, 6.07) is 22.8. The Morgan fingerprint density at radius 2 is 1.50 bits per heavy atom. The lowest BCUT2D eigenvalue weighted by Crippen LogP contribution is -2.58. The highest BCUT2D eigenvalue weighted by molar-refractivity contribution is 9.10. The predicted octanol–water partition coefficient (Wildman–Crippen LogP) is 7.07. The molecule has 0 aromatic heterocycles. The van der Waals surface area contributed by atoms with Gasteiger partial charge in [0, 0.05) is 53.7 Å². The number of anilines is 2. The summed E-state index contributed by atoms with van der Waals surface area (Å²) in [6.45, 7) is 0. The van der Waals surface area contributed by atoms with Crippen molar-refractivity contribution >= 4 is 67.6 Å². The number of nitro groups is 2. The van der Waals surface area contributed by atoms with E-state index in [1.807, 2.05) is 0 Å². The Balaban J connectivity index is 1.36. The first kappa shape index (κ1) is 38.4. The van der Waals surface area contributed by atoms with E-state index in [4.69, 9.17) is 4.74 Å². The van der Waals surface area contributed by atoms with Crippen molar-refractivity contribution in [1.29, 1.82) is 0 Å². The lowest BCUT2D eigenvalue weighted by atomic mass is 9.44. The lowest BCUT2D eigenvalue weighted by molar-refractivity contribution is -0.392. The Morgan fingerprint density at radius 1 is 0.879 bits per heavy atom. The maximum atomic E-state index is 15.3. The van der Waals surface area contributed by atoms with Gasteiger partial charge in [-0.3, -0.25) is 39.4 Å². The number of aromatic hydroxyl groups is 1. The van der Waals surface area contributed by atoms with E-state index in [0.717, 1.165) is 17.0 Å². The minimum absolute atomic E-state index is 0.00270. The number of carbonyl (C=O) groups is 4. The average molecular weight is 848 g/mol. The fourth-order valence-electron chi connectivity index (χ4n) is 9.90. The number of imide groups is 1. The van der Waals surface area contributed by atoms with Gasteiger partial charge in [-0.25, -0.2) is 4.90 Å². The predicted molar refractivity (Wildman–Crippen MR) is 216 cm³/mol. The van der Waals surface area contributed by atoms with Crippen molar-refractivity contribution in [2.45, 2.75) is 24.2 Å². The van der Waals surface area contributed by atoms with Gasteiger partial charge >= 0.3 is 11.4 Å². The fraction of sp³-hybridized carbons (Fsp3) is 0.256. The second kappa shape index (κ2) is 14.2. The smallest absolute Gasteiger partial charge is 0.301 e. The number of amides is 2. The molecule has 0 radical (unpaired) electrons.